The first-order valence-corrected chi connectivity index (χ1v) is 9.28. The van der Waals surface area contributed by atoms with Gasteiger partial charge in [-0.3, -0.25) is 19.5 Å². The minimum atomic E-state index is -0.406. The number of carbonyl (C=O) groups is 1. The minimum absolute atomic E-state index is 0.0308. The molecule has 0 bridgehead atoms. The van der Waals surface area contributed by atoms with Crippen LogP contribution in [-0.2, 0) is 16.1 Å². The van der Waals surface area contributed by atoms with Gasteiger partial charge in [0.15, 0.2) is 0 Å². The third kappa shape index (κ3) is 3.53. The van der Waals surface area contributed by atoms with Crippen molar-refractivity contribution in [2.45, 2.75) is 32.4 Å². The Balaban J connectivity index is 1.53. The van der Waals surface area contributed by atoms with Crippen LogP contribution in [0.3, 0.4) is 0 Å². The Bertz CT molecular complexity index is 1070. The Hall–Kier alpha value is -2.85. The first-order valence-electron chi connectivity index (χ1n) is 8.46. The molecule has 2 aromatic heterocycles. The maximum absolute atomic E-state index is 12.7. The summed E-state index contributed by atoms with van der Waals surface area (Å²) in [7, 11) is 0. The minimum Gasteiger partial charge on any atom is -0.508 e. The van der Waals surface area contributed by atoms with Crippen LogP contribution in [0.2, 0.25) is 0 Å². The molecule has 3 heterocycles. The number of aryl methyl sites for hydroxylation is 1. The number of hydrogen-bond donors (Lipinski definition) is 2. The molecule has 9 nitrogen and oxygen atoms in total. The van der Waals surface area contributed by atoms with Crippen LogP contribution in [0.15, 0.2) is 23.0 Å². The van der Waals surface area contributed by atoms with E-state index in [1.165, 1.54) is 28.0 Å². The second kappa shape index (κ2) is 7.05. The molecule has 1 amide bonds. The lowest BCUT2D eigenvalue weighted by molar-refractivity contribution is -0.116. The number of nitrogens with one attached hydrogen (secondary N) is 1. The number of anilines is 1. The number of nitrogens with zero attached hydrogens (tertiary/aromatic N) is 4. The molecule has 3 aromatic rings. The molecule has 1 aliphatic heterocycles. The molecule has 0 spiro atoms. The van der Waals surface area contributed by atoms with Gasteiger partial charge in [-0.1, -0.05) is 11.3 Å². The van der Waals surface area contributed by atoms with E-state index in [9.17, 15) is 14.7 Å². The van der Waals surface area contributed by atoms with Crippen LogP contribution in [0.1, 0.15) is 29.8 Å². The number of hydrogen-bond acceptors (Lipinski definition) is 8. The number of aromatic nitrogens is 4. The topological polar surface area (TPSA) is 119 Å². The van der Waals surface area contributed by atoms with Crippen LogP contribution in [0.4, 0.5) is 5.13 Å². The number of ether oxygens (including phenoxy) is 1. The predicted molar refractivity (Wildman–Crippen MR) is 98.9 cm³/mol. The van der Waals surface area contributed by atoms with Crippen LogP contribution in [0.5, 0.6) is 5.75 Å². The monoisotopic (exact) mass is 387 g/mol. The molecular formula is C17H17N5O4S. The maximum atomic E-state index is 12.7. The third-order valence-corrected chi connectivity index (χ3v) is 5.25. The molecule has 27 heavy (non-hydrogen) atoms. The molecular weight excluding hydrogens is 370 g/mol. The predicted octanol–water partition coefficient (Wildman–Crippen LogP) is 1.75. The second-order valence-electron chi connectivity index (χ2n) is 6.25. The molecule has 1 atom stereocenters. The van der Waals surface area contributed by atoms with Crippen LogP contribution in [0, 0.1) is 6.92 Å². The smallest absolute Gasteiger partial charge is 0.261 e. The normalized spacial score (nSPS) is 16.7. The Kier molecular flexibility index (Phi) is 4.58. The number of carbonyl (C=O) groups excluding carboxylic acids is 1. The number of rotatable bonds is 4. The second-order valence-corrected chi connectivity index (χ2v) is 7.26. The number of fused-ring (bicyclic) bond motifs is 1. The van der Waals surface area contributed by atoms with Crippen molar-refractivity contribution in [1.29, 1.82) is 0 Å². The van der Waals surface area contributed by atoms with Gasteiger partial charge in [0.05, 0.1) is 10.9 Å². The van der Waals surface area contributed by atoms with E-state index in [1.807, 2.05) is 0 Å². The lowest BCUT2D eigenvalue weighted by atomic mass is 10.2. The molecule has 1 aromatic carbocycles. The fraction of sp³-hybridized carbons (Fsp3) is 0.353. The summed E-state index contributed by atoms with van der Waals surface area (Å²) >= 11 is 1.27. The van der Waals surface area contributed by atoms with Gasteiger partial charge in [0.1, 0.15) is 29.2 Å². The third-order valence-electron chi connectivity index (χ3n) is 4.32. The Morgan fingerprint density at radius 2 is 2.30 bits per heavy atom. The van der Waals surface area contributed by atoms with Crippen LogP contribution < -0.4 is 10.9 Å². The van der Waals surface area contributed by atoms with E-state index in [-0.39, 0.29) is 29.3 Å². The molecule has 140 valence electrons. The molecule has 0 unspecified atom stereocenters. The van der Waals surface area contributed by atoms with Crippen molar-refractivity contribution in [3.05, 3.63) is 39.4 Å². The fourth-order valence-electron chi connectivity index (χ4n) is 3.00. The highest BCUT2D eigenvalue weighted by Gasteiger charge is 2.22. The zero-order valence-corrected chi connectivity index (χ0v) is 15.3. The summed E-state index contributed by atoms with van der Waals surface area (Å²) in [6.45, 7) is 2.15. The number of benzene rings is 1. The van der Waals surface area contributed by atoms with Crippen molar-refractivity contribution in [2.24, 2.45) is 0 Å². The summed E-state index contributed by atoms with van der Waals surface area (Å²) in [5, 5.41) is 21.7. The van der Waals surface area contributed by atoms with Crippen molar-refractivity contribution < 1.29 is 14.6 Å². The molecule has 0 radical (unpaired) electrons. The van der Waals surface area contributed by atoms with Crippen molar-refractivity contribution in [3.8, 4) is 5.75 Å². The highest BCUT2D eigenvalue weighted by molar-refractivity contribution is 7.15. The Morgan fingerprint density at radius 1 is 1.44 bits per heavy atom. The van der Waals surface area contributed by atoms with Crippen molar-refractivity contribution in [1.82, 2.24) is 19.7 Å². The summed E-state index contributed by atoms with van der Waals surface area (Å²) in [6, 6.07) is 4.38. The number of aromatic hydroxyl groups is 1. The van der Waals surface area contributed by atoms with E-state index < -0.39 is 5.91 Å². The number of phenolic OH excluding ortho intramolecular Hbond substituents is 1. The fourth-order valence-corrected chi connectivity index (χ4v) is 3.84. The zero-order chi connectivity index (χ0) is 19.0. The molecule has 0 aliphatic carbocycles. The van der Waals surface area contributed by atoms with Gasteiger partial charge >= 0.3 is 0 Å². The van der Waals surface area contributed by atoms with Gasteiger partial charge in [0, 0.05) is 6.61 Å². The molecule has 1 saturated heterocycles. The molecule has 0 saturated carbocycles. The van der Waals surface area contributed by atoms with E-state index in [1.54, 1.807) is 13.0 Å². The Morgan fingerprint density at radius 3 is 3.07 bits per heavy atom. The van der Waals surface area contributed by atoms with Gasteiger partial charge in [-0.25, -0.2) is 4.98 Å². The van der Waals surface area contributed by atoms with Crippen molar-refractivity contribution in [3.63, 3.8) is 0 Å². The van der Waals surface area contributed by atoms with Crippen LogP contribution in [-0.4, -0.2) is 37.4 Å². The summed E-state index contributed by atoms with van der Waals surface area (Å²) in [4.78, 5) is 29.4. The maximum Gasteiger partial charge on any atom is 0.261 e. The lowest BCUT2D eigenvalue weighted by Crippen LogP contribution is -2.30. The van der Waals surface area contributed by atoms with Gasteiger partial charge in [-0.05, 0) is 38.0 Å². The molecule has 2 N–H and O–H groups in total. The van der Waals surface area contributed by atoms with E-state index in [4.69, 9.17) is 4.74 Å². The van der Waals surface area contributed by atoms with Crippen LogP contribution >= 0.6 is 11.3 Å². The van der Waals surface area contributed by atoms with E-state index in [0.29, 0.717) is 23.1 Å². The average Bonchev–Trinajstić information content (AvgIpc) is 3.31. The van der Waals surface area contributed by atoms with Gasteiger partial charge in [0.25, 0.3) is 5.56 Å². The standard InChI is InChI=1S/C17H17N5O4S/c1-9-18-12-5-4-10(23)7-11(12)16(25)22(9)8-14(24)19-17-21-20-15(27-17)13-3-2-6-26-13/h4-5,7,13,23H,2-3,6,8H2,1H3,(H,19,21,24)/t13-/m1/s1. The number of phenols is 1. The van der Waals surface area contributed by atoms with Gasteiger partial charge in [0.2, 0.25) is 11.0 Å². The highest BCUT2D eigenvalue weighted by atomic mass is 32.1. The molecule has 4 rings (SSSR count). The largest absolute Gasteiger partial charge is 0.508 e. The van der Waals surface area contributed by atoms with E-state index in [2.05, 4.69) is 20.5 Å². The SMILES string of the molecule is Cc1nc2ccc(O)cc2c(=O)n1CC(=O)Nc1nnc([C@H]2CCCO2)s1. The van der Waals surface area contributed by atoms with E-state index in [0.717, 1.165) is 17.8 Å². The van der Waals surface area contributed by atoms with E-state index >= 15 is 0 Å². The summed E-state index contributed by atoms with van der Waals surface area (Å²) in [6.07, 6.45) is 1.82. The average molecular weight is 387 g/mol. The zero-order valence-electron chi connectivity index (χ0n) is 14.5. The van der Waals surface area contributed by atoms with Crippen LogP contribution in [0.25, 0.3) is 10.9 Å². The molecule has 10 heteroatoms. The highest BCUT2D eigenvalue weighted by Crippen LogP contribution is 2.31. The first-order chi connectivity index (χ1) is 13.0. The quantitative estimate of drug-likeness (QED) is 0.700. The van der Waals surface area contributed by atoms with Gasteiger partial charge in [-0.2, -0.15) is 0 Å². The summed E-state index contributed by atoms with van der Waals surface area (Å²) in [5.41, 5.74) is 0.0816. The summed E-state index contributed by atoms with van der Waals surface area (Å²) < 4.78 is 6.82. The summed E-state index contributed by atoms with van der Waals surface area (Å²) in [5.74, 6) is -0.0287. The van der Waals surface area contributed by atoms with Gasteiger partial charge < -0.3 is 9.84 Å². The van der Waals surface area contributed by atoms with Crippen molar-refractivity contribution >= 4 is 33.3 Å². The Labute approximate surface area is 157 Å². The molecule has 1 aliphatic rings. The first kappa shape index (κ1) is 17.6. The molecule has 1 fully saturated rings. The van der Waals surface area contributed by atoms with Crippen molar-refractivity contribution in [2.75, 3.05) is 11.9 Å². The lowest BCUT2D eigenvalue weighted by Gasteiger charge is -2.10. The van der Waals surface area contributed by atoms with Gasteiger partial charge in [-0.15, -0.1) is 10.2 Å². The number of amides is 1.